The predicted octanol–water partition coefficient (Wildman–Crippen LogP) is 1.02. The van der Waals surface area contributed by atoms with Crippen LogP contribution in [0.2, 0.25) is 0 Å². The van der Waals surface area contributed by atoms with E-state index in [0.717, 1.165) is 18.2 Å². The van der Waals surface area contributed by atoms with Crippen LogP contribution in [0.1, 0.15) is 36.2 Å². The zero-order valence-electron chi connectivity index (χ0n) is 13.9. The molecule has 25 heavy (non-hydrogen) atoms. The third kappa shape index (κ3) is 4.64. The van der Waals surface area contributed by atoms with Gasteiger partial charge in [-0.05, 0) is 18.4 Å². The minimum atomic E-state index is -3.33. The van der Waals surface area contributed by atoms with Crippen molar-refractivity contribution in [1.29, 1.82) is 0 Å². The van der Waals surface area contributed by atoms with E-state index in [-0.39, 0.29) is 24.3 Å². The number of aromatic nitrogens is 2. The maximum atomic E-state index is 12.2. The largest absolute Gasteiger partial charge is 0.337 e. The van der Waals surface area contributed by atoms with Crippen molar-refractivity contribution in [3.8, 4) is 0 Å². The van der Waals surface area contributed by atoms with Crippen molar-refractivity contribution in [2.45, 2.75) is 31.8 Å². The summed E-state index contributed by atoms with van der Waals surface area (Å²) in [6.45, 7) is 0.541. The molecule has 0 radical (unpaired) electrons. The summed E-state index contributed by atoms with van der Waals surface area (Å²) in [6, 6.07) is 9.69. The van der Waals surface area contributed by atoms with E-state index < -0.39 is 10.0 Å². The first-order valence-electron chi connectivity index (χ1n) is 8.03. The summed E-state index contributed by atoms with van der Waals surface area (Å²) in [6.07, 6.45) is 2.88. The summed E-state index contributed by atoms with van der Waals surface area (Å²) >= 11 is 0. The first-order valence-corrected chi connectivity index (χ1v) is 9.92. The van der Waals surface area contributed by atoms with Gasteiger partial charge in [0.15, 0.2) is 5.82 Å². The van der Waals surface area contributed by atoms with Gasteiger partial charge in [-0.3, -0.25) is 4.79 Å². The lowest BCUT2D eigenvalue weighted by Crippen LogP contribution is -2.30. The Bertz CT molecular complexity index is 835. The molecule has 8 nitrogen and oxygen atoms in total. The molecule has 1 aromatic carbocycles. The Hall–Kier alpha value is -2.26. The molecule has 0 unspecified atom stereocenters. The number of carbonyl (C=O) groups is 1. The Morgan fingerprint density at radius 3 is 2.80 bits per heavy atom. The van der Waals surface area contributed by atoms with Gasteiger partial charge in [0.25, 0.3) is 0 Å². The van der Waals surface area contributed by atoms with E-state index in [9.17, 15) is 13.2 Å². The van der Waals surface area contributed by atoms with Gasteiger partial charge >= 0.3 is 0 Å². The number of nitrogens with one attached hydrogen (secondary N) is 1. The van der Waals surface area contributed by atoms with Crippen LogP contribution in [0.3, 0.4) is 0 Å². The van der Waals surface area contributed by atoms with E-state index in [1.807, 2.05) is 30.3 Å². The van der Waals surface area contributed by atoms with Crippen molar-refractivity contribution in [2.24, 2.45) is 0 Å². The number of carbonyl (C=O) groups excluding carboxylic acids is 1. The molecule has 3 rings (SSSR count). The second-order valence-electron chi connectivity index (χ2n) is 6.02. The standard InChI is InChI=1S/C16H20N4O4S/c1-25(22,23)17-11-14-18-16(24-19-14)13-7-8-15(21)20(13)10-9-12-5-3-2-4-6-12/h2-6,13,17H,7-11H2,1H3/t13-/m0/s1. The van der Waals surface area contributed by atoms with Gasteiger partial charge in [0, 0.05) is 13.0 Å². The summed E-state index contributed by atoms with van der Waals surface area (Å²) in [7, 11) is -3.33. The van der Waals surface area contributed by atoms with Gasteiger partial charge in [-0.2, -0.15) is 4.98 Å². The summed E-state index contributed by atoms with van der Waals surface area (Å²) in [4.78, 5) is 18.2. The minimum absolute atomic E-state index is 0.0347. The molecule has 9 heteroatoms. The van der Waals surface area contributed by atoms with Crippen LogP contribution in [-0.4, -0.2) is 42.2 Å². The Kier molecular flexibility index (Phi) is 5.14. The lowest BCUT2D eigenvalue weighted by atomic mass is 10.1. The Morgan fingerprint density at radius 1 is 1.32 bits per heavy atom. The quantitative estimate of drug-likeness (QED) is 0.786. The van der Waals surface area contributed by atoms with Crippen LogP contribution in [0.15, 0.2) is 34.9 Å². The fraction of sp³-hybridized carbons (Fsp3) is 0.438. The maximum Gasteiger partial charge on any atom is 0.249 e. The zero-order valence-corrected chi connectivity index (χ0v) is 14.7. The molecule has 1 atom stereocenters. The second-order valence-corrected chi connectivity index (χ2v) is 7.85. The second kappa shape index (κ2) is 7.32. The van der Waals surface area contributed by atoms with Crippen molar-refractivity contribution >= 4 is 15.9 Å². The summed E-state index contributed by atoms with van der Waals surface area (Å²) < 4.78 is 29.8. The highest BCUT2D eigenvalue weighted by molar-refractivity contribution is 7.88. The van der Waals surface area contributed by atoms with Crippen LogP contribution in [0, 0.1) is 0 Å². The molecule has 1 aliphatic heterocycles. The van der Waals surface area contributed by atoms with Crippen molar-refractivity contribution in [2.75, 3.05) is 12.8 Å². The molecule has 2 heterocycles. The van der Waals surface area contributed by atoms with Crippen molar-refractivity contribution < 1.29 is 17.7 Å². The van der Waals surface area contributed by atoms with E-state index in [2.05, 4.69) is 14.9 Å². The molecule has 1 amide bonds. The van der Waals surface area contributed by atoms with Gasteiger partial charge in [-0.15, -0.1) is 0 Å². The molecule has 1 N–H and O–H groups in total. The first-order chi connectivity index (χ1) is 11.9. The van der Waals surface area contributed by atoms with E-state index in [1.54, 1.807) is 4.90 Å². The highest BCUT2D eigenvalue weighted by Gasteiger charge is 2.35. The molecule has 1 aliphatic rings. The average molecular weight is 364 g/mol. The average Bonchev–Trinajstić information content (AvgIpc) is 3.18. The molecule has 0 aliphatic carbocycles. The fourth-order valence-corrected chi connectivity index (χ4v) is 3.23. The number of nitrogens with zero attached hydrogens (tertiary/aromatic N) is 3. The summed E-state index contributed by atoms with van der Waals surface area (Å²) in [5, 5.41) is 3.79. The van der Waals surface area contributed by atoms with Crippen molar-refractivity contribution in [3.05, 3.63) is 47.6 Å². The van der Waals surface area contributed by atoms with Crippen molar-refractivity contribution in [3.63, 3.8) is 0 Å². The molecule has 1 aromatic heterocycles. The zero-order chi connectivity index (χ0) is 17.9. The van der Waals surface area contributed by atoms with Crippen LogP contribution in [0.5, 0.6) is 0 Å². The fourth-order valence-electron chi connectivity index (χ4n) is 2.84. The number of sulfonamides is 1. The van der Waals surface area contributed by atoms with Gasteiger partial charge in [-0.25, -0.2) is 13.1 Å². The van der Waals surface area contributed by atoms with E-state index in [4.69, 9.17) is 4.52 Å². The summed E-state index contributed by atoms with van der Waals surface area (Å²) in [5.74, 6) is 0.668. The molecule has 1 fully saturated rings. The van der Waals surface area contributed by atoms with E-state index >= 15 is 0 Å². The third-order valence-corrected chi connectivity index (χ3v) is 4.74. The van der Waals surface area contributed by atoms with Crippen molar-refractivity contribution in [1.82, 2.24) is 19.8 Å². The topological polar surface area (TPSA) is 105 Å². The Labute approximate surface area is 146 Å². The SMILES string of the molecule is CS(=O)(=O)NCc1noc([C@@H]2CCC(=O)N2CCc2ccccc2)n1. The molecule has 1 saturated heterocycles. The number of benzene rings is 1. The third-order valence-electron chi connectivity index (χ3n) is 4.07. The highest BCUT2D eigenvalue weighted by atomic mass is 32.2. The normalized spacial score (nSPS) is 18.0. The molecule has 0 saturated carbocycles. The van der Waals surface area contributed by atoms with Crippen LogP contribution in [0.4, 0.5) is 0 Å². The highest BCUT2D eigenvalue weighted by Crippen LogP contribution is 2.31. The number of amides is 1. The Morgan fingerprint density at radius 2 is 2.08 bits per heavy atom. The van der Waals surface area contributed by atoms with Gasteiger partial charge < -0.3 is 9.42 Å². The minimum Gasteiger partial charge on any atom is -0.337 e. The lowest BCUT2D eigenvalue weighted by Gasteiger charge is -2.21. The van der Waals surface area contributed by atoms with Gasteiger partial charge in [-0.1, -0.05) is 35.5 Å². The molecule has 0 bridgehead atoms. The van der Waals surface area contributed by atoms with Gasteiger partial charge in [0.05, 0.1) is 12.8 Å². The molecule has 134 valence electrons. The molecule has 0 spiro atoms. The smallest absolute Gasteiger partial charge is 0.249 e. The van der Waals surface area contributed by atoms with Crippen LogP contribution >= 0.6 is 0 Å². The van der Waals surface area contributed by atoms with Gasteiger partial charge in [0.1, 0.15) is 6.04 Å². The molecular formula is C16H20N4O4S. The first kappa shape index (κ1) is 17.6. The van der Waals surface area contributed by atoms with Crippen LogP contribution < -0.4 is 4.72 Å². The Balaban J connectivity index is 1.66. The molecule has 2 aromatic rings. The number of hydrogen-bond acceptors (Lipinski definition) is 6. The van der Waals surface area contributed by atoms with E-state index in [1.165, 1.54) is 0 Å². The van der Waals surface area contributed by atoms with Crippen LogP contribution in [0.25, 0.3) is 0 Å². The molecular weight excluding hydrogens is 344 g/mol. The monoisotopic (exact) mass is 364 g/mol. The lowest BCUT2D eigenvalue weighted by molar-refractivity contribution is -0.129. The summed E-state index contributed by atoms with van der Waals surface area (Å²) in [5.41, 5.74) is 1.16. The number of hydrogen-bond donors (Lipinski definition) is 1. The maximum absolute atomic E-state index is 12.2. The van der Waals surface area contributed by atoms with E-state index in [0.29, 0.717) is 25.3 Å². The van der Waals surface area contributed by atoms with Crippen LogP contribution in [-0.2, 0) is 27.8 Å². The van der Waals surface area contributed by atoms with Gasteiger partial charge in [0.2, 0.25) is 21.8 Å². The number of rotatable bonds is 7. The predicted molar refractivity (Wildman–Crippen MR) is 89.8 cm³/mol. The number of likely N-dealkylation sites (tertiary alicyclic amines) is 1.